The zero-order valence-corrected chi connectivity index (χ0v) is 10.2. The number of carbonyl (C=O) groups is 1. The van der Waals surface area contributed by atoms with E-state index in [2.05, 4.69) is 0 Å². The highest BCUT2D eigenvalue weighted by atomic mass is 16.7. The molecular weight excluding hydrogens is 272 g/mol. The number of hydrogen-bond donors (Lipinski definition) is 5. The summed E-state index contributed by atoms with van der Waals surface area (Å²) in [4.78, 5) is 10.9. The topological polar surface area (TPSA) is 137 Å². The van der Waals surface area contributed by atoms with E-state index in [4.69, 9.17) is 14.6 Å². The summed E-state index contributed by atoms with van der Waals surface area (Å²) in [6.07, 6.45) is -8.35. The molecule has 1 aliphatic heterocycles. The summed E-state index contributed by atoms with van der Waals surface area (Å²) in [7, 11) is 0. The van der Waals surface area contributed by atoms with Gasteiger partial charge in [-0.25, -0.2) is 4.79 Å². The lowest BCUT2D eigenvalue weighted by Gasteiger charge is -2.38. The number of aliphatic carboxylic acids is 1. The Morgan fingerprint density at radius 2 is 1.85 bits per heavy atom. The molecule has 0 saturated carbocycles. The molecule has 1 aromatic rings. The van der Waals surface area contributed by atoms with E-state index in [1.807, 2.05) is 0 Å². The first-order valence-corrected chi connectivity index (χ1v) is 5.78. The average molecular weight is 286 g/mol. The van der Waals surface area contributed by atoms with Gasteiger partial charge in [0.25, 0.3) is 0 Å². The minimum Gasteiger partial charge on any atom is -0.508 e. The molecule has 1 aliphatic rings. The van der Waals surface area contributed by atoms with Gasteiger partial charge in [0.1, 0.15) is 29.8 Å². The summed E-state index contributed by atoms with van der Waals surface area (Å²) in [5.74, 6) is -1.47. The summed E-state index contributed by atoms with van der Waals surface area (Å²) < 4.78 is 10.1. The van der Waals surface area contributed by atoms with Gasteiger partial charge in [-0.2, -0.15) is 0 Å². The lowest BCUT2D eigenvalue weighted by atomic mass is 9.99. The van der Waals surface area contributed by atoms with Crippen LogP contribution in [0.2, 0.25) is 0 Å². The maximum absolute atomic E-state index is 10.9. The molecule has 0 amide bonds. The largest absolute Gasteiger partial charge is 0.508 e. The average Bonchev–Trinajstić information content (AvgIpc) is 2.39. The zero-order valence-electron chi connectivity index (χ0n) is 10.2. The van der Waals surface area contributed by atoms with Crippen LogP contribution in [0.5, 0.6) is 11.5 Å². The van der Waals surface area contributed by atoms with Crippen molar-refractivity contribution in [3.05, 3.63) is 24.3 Å². The first kappa shape index (κ1) is 14.5. The third-order valence-corrected chi connectivity index (χ3v) is 2.88. The van der Waals surface area contributed by atoms with E-state index in [1.165, 1.54) is 24.3 Å². The predicted octanol–water partition coefficient (Wildman–Crippen LogP) is -1.34. The van der Waals surface area contributed by atoms with Crippen molar-refractivity contribution in [1.82, 2.24) is 0 Å². The summed E-state index contributed by atoms with van der Waals surface area (Å²) in [6.45, 7) is 0. The normalized spacial score (nSPS) is 33.6. The Morgan fingerprint density at radius 1 is 1.15 bits per heavy atom. The quantitative estimate of drug-likeness (QED) is 0.460. The minimum atomic E-state index is -1.77. The van der Waals surface area contributed by atoms with Crippen LogP contribution in [-0.2, 0) is 9.53 Å². The maximum atomic E-state index is 10.9. The molecule has 8 nitrogen and oxygen atoms in total. The molecule has 110 valence electrons. The molecule has 1 saturated heterocycles. The molecule has 0 aromatic heterocycles. The van der Waals surface area contributed by atoms with Crippen molar-refractivity contribution < 1.29 is 39.8 Å². The summed E-state index contributed by atoms with van der Waals surface area (Å²) in [5, 5.41) is 47.0. The smallest absolute Gasteiger partial charge is 0.335 e. The molecule has 0 unspecified atom stereocenters. The van der Waals surface area contributed by atoms with Crippen LogP contribution in [0.1, 0.15) is 0 Å². The number of benzene rings is 1. The predicted molar refractivity (Wildman–Crippen MR) is 63.1 cm³/mol. The van der Waals surface area contributed by atoms with Gasteiger partial charge in [0.2, 0.25) is 6.29 Å². The molecule has 1 fully saturated rings. The summed E-state index contributed by atoms with van der Waals surface area (Å²) >= 11 is 0. The zero-order chi connectivity index (χ0) is 14.9. The van der Waals surface area contributed by atoms with Gasteiger partial charge < -0.3 is 35.0 Å². The molecule has 8 heteroatoms. The number of aliphatic hydroxyl groups excluding tert-OH is 3. The molecule has 1 aromatic carbocycles. The molecule has 2 rings (SSSR count). The highest BCUT2D eigenvalue weighted by molar-refractivity contribution is 5.73. The van der Waals surface area contributed by atoms with Gasteiger partial charge in [-0.15, -0.1) is 0 Å². The lowest BCUT2D eigenvalue weighted by Crippen LogP contribution is -2.61. The Labute approximate surface area is 113 Å². The van der Waals surface area contributed by atoms with Gasteiger partial charge in [-0.05, 0) is 12.1 Å². The van der Waals surface area contributed by atoms with Crippen LogP contribution in [0.25, 0.3) is 0 Å². The number of carboxylic acids is 1. The molecule has 0 spiro atoms. The molecule has 5 atom stereocenters. The Bertz CT molecular complexity index is 490. The Morgan fingerprint density at radius 3 is 2.45 bits per heavy atom. The van der Waals surface area contributed by atoms with Gasteiger partial charge in [-0.3, -0.25) is 0 Å². The van der Waals surface area contributed by atoms with Crippen molar-refractivity contribution in [1.29, 1.82) is 0 Å². The molecule has 0 aliphatic carbocycles. The summed E-state index contributed by atoms with van der Waals surface area (Å²) in [6, 6.07) is 5.54. The van der Waals surface area contributed by atoms with Crippen LogP contribution in [0, 0.1) is 0 Å². The monoisotopic (exact) mass is 286 g/mol. The second kappa shape index (κ2) is 5.63. The first-order valence-electron chi connectivity index (χ1n) is 5.78. The Kier molecular flexibility index (Phi) is 4.09. The first-order chi connectivity index (χ1) is 9.40. The van der Waals surface area contributed by atoms with Gasteiger partial charge in [-0.1, -0.05) is 6.07 Å². The highest BCUT2D eigenvalue weighted by Crippen LogP contribution is 2.26. The lowest BCUT2D eigenvalue weighted by molar-refractivity contribution is -0.271. The number of aliphatic hydroxyl groups is 3. The van der Waals surface area contributed by atoms with Gasteiger partial charge in [0.05, 0.1) is 0 Å². The second-order valence-corrected chi connectivity index (χ2v) is 4.35. The van der Waals surface area contributed by atoms with Crippen LogP contribution in [-0.4, -0.2) is 62.2 Å². The molecule has 5 N–H and O–H groups in total. The van der Waals surface area contributed by atoms with Crippen LogP contribution in [0.3, 0.4) is 0 Å². The van der Waals surface area contributed by atoms with Crippen molar-refractivity contribution >= 4 is 5.97 Å². The van der Waals surface area contributed by atoms with Crippen molar-refractivity contribution in [2.75, 3.05) is 0 Å². The second-order valence-electron chi connectivity index (χ2n) is 4.35. The van der Waals surface area contributed by atoms with E-state index in [0.29, 0.717) is 0 Å². The van der Waals surface area contributed by atoms with Crippen LogP contribution in [0.4, 0.5) is 0 Å². The fourth-order valence-electron chi connectivity index (χ4n) is 1.84. The fourth-order valence-corrected chi connectivity index (χ4v) is 1.84. The maximum Gasteiger partial charge on any atom is 0.335 e. The van der Waals surface area contributed by atoms with E-state index in [-0.39, 0.29) is 11.5 Å². The third-order valence-electron chi connectivity index (χ3n) is 2.88. The van der Waals surface area contributed by atoms with Crippen molar-refractivity contribution in [2.45, 2.75) is 30.7 Å². The minimum absolute atomic E-state index is 0.0943. The van der Waals surface area contributed by atoms with Crippen LogP contribution < -0.4 is 4.74 Å². The Balaban J connectivity index is 2.16. The SMILES string of the molecule is O=C(O)[C@H]1O[C@@H](Oc2cccc(O)c2)[C@H](O)[C@@H](O)[C@@H]1O. The van der Waals surface area contributed by atoms with E-state index in [9.17, 15) is 25.2 Å². The standard InChI is InChI=1S/C12H14O8/c13-5-2-1-3-6(4-5)19-12-9(16)7(14)8(15)10(20-12)11(17)18/h1-4,7-10,12-16H,(H,17,18)/t7-,8-,9+,10-,12+/m0/s1. The number of ether oxygens (including phenoxy) is 2. The number of rotatable bonds is 3. The van der Waals surface area contributed by atoms with E-state index < -0.39 is 36.7 Å². The molecule has 0 bridgehead atoms. The number of carboxylic acid groups (broad SMARTS) is 1. The Hall–Kier alpha value is -1.87. The van der Waals surface area contributed by atoms with E-state index in [0.717, 1.165) is 0 Å². The van der Waals surface area contributed by atoms with Gasteiger partial charge >= 0.3 is 5.97 Å². The van der Waals surface area contributed by atoms with Gasteiger partial charge in [0.15, 0.2) is 6.10 Å². The van der Waals surface area contributed by atoms with Gasteiger partial charge in [0, 0.05) is 6.07 Å². The molecule has 1 heterocycles. The fraction of sp³-hybridized carbons (Fsp3) is 0.417. The third kappa shape index (κ3) is 2.83. The van der Waals surface area contributed by atoms with E-state index >= 15 is 0 Å². The van der Waals surface area contributed by atoms with E-state index in [1.54, 1.807) is 0 Å². The van der Waals surface area contributed by atoms with Crippen molar-refractivity contribution in [3.8, 4) is 11.5 Å². The highest BCUT2D eigenvalue weighted by Gasteiger charge is 2.48. The van der Waals surface area contributed by atoms with Crippen LogP contribution in [0.15, 0.2) is 24.3 Å². The molecule has 0 radical (unpaired) electrons. The van der Waals surface area contributed by atoms with Crippen LogP contribution >= 0.6 is 0 Å². The number of aromatic hydroxyl groups is 1. The summed E-state index contributed by atoms with van der Waals surface area (Å²) in [5.41, 5.74) is 0. The molecular formula is C12H14O8. The number of phenolic OH excluding ortho intramolecular Hbond substituents is 1. The number of hydrogen-bond acceptors (Lipinski definition) is 7. The van der Waals surface area contributed by atoms with Crippen molar-refractivity contribution in [2.24, 2.45) is 0 Å². The van der Waals surface area contributed by atoms with Crippen molar-refractivity contribution in [3.63, 3.8) is 0 Å². The molecule has 20 heavy (non-hydrogen) atoms. The number of phenols is 1.